The van der Waals surface area contributed by atoms with Crippen LogP contribution in [0.3, 0.4) is 0 Å². The Balaban J connectivity index is 1.12. The summed E-state index contributed by atoms with van der Waals surface area (Å²) in [5, 5.41) is 14.8. The highest BCUT2D eigenvalue weighted by atomic mass is 32.2. The molecule has 2 amide bonds. The molecule has 0 atom stereocenters. The van der Waals surface area contributed by atoms with Gasteiger partial charge < -0.3 is 20.5 Å². The number of amides is 2. The number of nitrogens with one attached hydrogen (secondary N) is 2. The van der Waals surface area contributed by atoms with Gasteiger partial charge in [-0.15, -0.1) is 0 Å². The summed E-state index contributed by atoms with van der Waals surface area (Å²) >= 11 is 1.45. The maximum absolute atomic E-state index is 12.2. The topological polar surface area (TPSA) is 105 Å². The summed E-state index contributed by atoms with van der Waals surface area (Å²) in [5.74, 6) is -0.142. The number of rotatable bonds is 9. The molecular weight excluding hydrogens is 452 g/mol. The predicted molar refractivity (Wildman–Crippen MR) is 132 cm³/mol. The number of fused-ring (bicyclic) bond motifs is 3. The van der Waals surface area contributed by atoms with Gasteiger partial charge in [0.05, 0.1) is 11.7 Å². The molecule has 180 valence electrons. The minimum atomic E-state index is -0.746. The fourth-order valence-electron chi connectivity index (χ4n) is 4.79. The molecule has 1 fully saturated rings. The van der Waals surface area contributed by atoms with Crippen LogP contribution in [0.15, 0.2) is 48.5 Å². The number of carboxylic acid groups (broad SMARTS) is 1. The molecule has 0 aromatic heterocycles. The third-order valence-corrected chi connectivity index (χ3v) is 7.49. The summed E-state index contributed by atoms with van der Waals surface area (Å²) in [7, 11) is 0. The summed E-state index contributed by atoms with van der Waals surface area (Å²) in [4.78, 5) is 35.3. The molecule has 0 heterocycles. The van der Waals surface area contributed by atoms with Crippen molar-refractivity contribution in [2.45, 2.75) is 37.6 Å². The Bertz CT molecular complexity index is 990. The summed E-state index contributed by atoms with van der Waals surface area (Å²) in [5.41, 5.74) is 4.73. The number of ether oxygens (including phenoxy) is 1. The molecule has 0 radical (unpaired) electrons. The Morgan fingerprint density at radius 1 is 0.941 bits per heavy atom. The molecule has 1 saturated carbocycles. The molecule has 2 aliphatic carbocycles. The Kier molecular flexibility index (Phi) is 8.11. The summed E-state index contributed by atoms with van der Waals surface area (Å²) < 4.78 is 5.51. The minimum absolute atomic E-state index is 0.0294. The van der Waals surface area contributed by atoms with Crippen molar-refractivity contribution >= 4 is 29.7 Å². The smallest absolute Gasteiger partial charge is 0.407 e. The Morgan fingerprint density at radius 3 is 2.18 bits per heavy atom. The number of carbonyl (C=O) groups is 3. The molecule has 7 nitrogen and oxygen atoms in total. The Labute approximate surface area is 203 Å². The molecule has 2 aromatic carbocycles. The second-order valence-electron chi connectivity index (χ2n) is 8.76. The highest BCUT2D eigenvalue weighted by molar-refractivity contribution is 7.99. The van der Waals surface area contributed by atoms with Crippen LogP contribution in [0, 0.1) is 5.92 Å². The van der Waals surface area contributed by atoms with Gasteiger partial charge in [0.15, 0.2) is 0 Å². The second kappa shape index (κ2) is 11.4. The van der Waals surface area contributed by atoms with Crippen LogP contribution in [0.4, 0.5) is 4.79 Å². The molecule has 0 aliphatic heterocycles. The standard InChI is InChI=1S/C26H30N2O5S/c29-24(28-18-11-9-17(10-12-18)25(30)31)16-34-14-13-27-26(32)33-15-23-21-7-3-1-5-19(21)20-6-2-4-8-22(20)23/h1-8,17-18,23H,9-16H2,(H,27,32)(H,28,29)(H,30,31). The number of alkyl carbamates (subject to hydrolysis) is 1. The van der Waals surface area contributed by atoms with Gasteiger partial charge in [0.25, 0.3) is 0 Å². The van der Waals surface area contributed by atoms with Crippen LogP contribution >= 0.6 is 11.8 Å². The van der Waals surface area contributed by atoms with Crippen LogP contribution in [0.5, 0.6) is 0 Å². The van der Waals surface area contributed by atoms with Crippen LogP contribution in [-0.2, 0) is 14.3 Å². The quantitative estimate of drug-likeness (QED) is 0.467. The summed E-state index contributed by atoms with van der Waals surface area (Å²) in [6.07, 6.45) is 2.17. The van der Waals surface area contributed by atoms with Crippen LogP contribution in [0.2, 0.25) is 0 Å². The van der Waals surface area contributed by atoms with Gasteiger partial charge >= 0.3 is 12.1 Å². The van der Waals surface area contributed by atoms with Crippen molar-refractivity contribution < 1.29 is 24.2 Å². The van der Waals surface area contributed by atoms with Crippen molar-refractivity contribution in [3.05, 3.63) is 59.7 Å². The number of benzene rings is 2. The van der Waals surface area contributed by atoms with E-state index in [1.165, 1.54) is 34.0 Å². The lowest BCUT2D eigenvalue weighted by molar-refractivity contribution is -0.142. The van der Waals surface area contributed by atoms with E-state index >= 15 is 0 Å². The molecule has 0 spiro atoms. The Hall–Kier alpha value is -3.00. The molecule has 34 heavy (non-hydrogen) atoms. The predicted octanol–water partition coefficient (Wildman–Crippen LogP) is 4.02. The lowest BCUT2D eigenvalue weighted by Crippen LogP contribution is -2.39. The number of thioether (sulfide) groups is 1. The zero-order chi connectivity index (χ0) is 23.9. The van der Waals surface area contributed by atoms with Gasteiger partial charge in [-0.1, -0.05) is 48.5 Å². The monoisotopic (exact) mass is 482 g/mol. The molecule has 8 heteroatoms. The molecule has 2 aromatic rings. The van der Waals surface area contributed by atoms with Crippen LogP contribution < -0.4 is 10.6 Å². The van der Waals surface area contributed by atoms with E-state index in [-0.39, 0.29) is 30.4 Å². The third kappa shape index (κ3) is 5.91. The maximum atomic E-state index is 12.2. The van der Waals surface area contributed by atoms with Gasteiger partial charge in [0.2, 0.25) is 5.91 Å². The van der Waals surface area contributed by atoms with Gasteiger partial charge in [-0.3, -0.25) is 9.59 Å². The first-order valence-electron chi connectivity index (χ1n) is 11.7. The first-order chi connectivity index (χ1) is 16.5. The lowest BCUT2D eigenvalue weighted by atomic mass is 9.86. The normalized spacial score (nSPS) is 19.1. The van der Waals surface area contributed by atoms with E-state index in [1.54, 1.807) is 0 Å². The van der Waals surface area contributed by atoms with E-state index in [4.69, 9.17) is 9.84 Å². The van der Waals surface area contributed by atoms with Gasteiger partial charge in [0, 0.05) is 24.3 Å². The Morgan fingerprint density at radius 2 is 1.56 bits per heavy atom. The number of hydrogen-bond donors (Lipinski definition) is 3. The summed E-state index contributed by atoms with van der Waals surface area (Å²) in [6.45, 7) is 0.692. The van der Waals surface area contributed by atoms with E-state index in [9.17, 15) is 14.4 Å². The van der Waals surface area contributed by atoms with Crippen molar-refractivity contribution in [3.63, 3.8) is 0 Å². The molecule has 0 bridgehead atoms. The average Bonchev–Trinajstić information content (AvgIpc) is 3.16. The van der Waals surface area contributed by atoms with Gasteiger partial charge in [-0.05, 0) is 47.9 Å². The lowest BCUT2D eigenvalue weighted by Gasteiger charge is -2.26. The van der Waals surface area contributed by atoms with Crippen LogP contribution in [0.25, 0.3) is 11.1 Å². The van der Waals surface area contributed by atoms with Crippen LogP contribution in [-0.4, -0.2) is 53.8 Å². The van der Waals surface area contributed by atoms with Crippen molar-refractivity contribution in [2.24, 2.45) is 5.92 Å². The fraction of sp³-hybridized carbons (Fsp3) is 0.423. The van der Waals surface area contributed by atoms with E-state index in [0.717, 1.165) is 0 Å². The average molecular weight is 483 g/mol. The SMILES string of the molecule is O=C(CSCCNC(=O)OCC1c2ccccc2-c2ccccc21)NC1CCC(C(=O)O)CC1. The van der Waals surface area contributed by atoms with Crippen LogP contribution in [0.1, 0.15) is 42.7 Å². The third-order valence-electron chi connectivity index (χ3n) is 6.53. The highest BCUT2D eigenvalue weighted by Gasteiger charge is 2.29. The zero-order valence-corrected chi connectivity index (χ0v) is 19.8. The number of carboxylic acids is 1. The van der Waals surface area contributed by atoms with E-state index in [2.05, 4.69) is 34.9 Å². The first-order valence-corrected chi connectivity index (χ1v) is 12.9. The number of aliphatic carboxylic acids is 1. The van der Waals surface area contributed by atoms with E-state index in [1.807, 2.05) is 24.3 Å². The maximum Gasteiger partial charge on any atom is 0.407 e. The largest absolute Gasteiger partial charge is 0.481 e. The molecule has 3 N–H and O–H groups in total. The molecule has 4 rings (SSSR count). The minimum Gasteiger partial charge on any atom is -0.481 e. The molecule has 2 aliphatic rings. The fourth-order valence-corrected chi connectivity index (χ4v) is 5.45. The van der Waals surface area contributed by atoms with Crippen molar-refractivity contribution in [2.75, 3.05) is 24.7 Å². The molecule has 0 saturated heterocycles. The number of hydrogen-bond acceptors (Lipinski definition) is 5. The highest BCUT2D eigenvalue weighted by Crippen LogP contribution is 2.44. The van der Waals surface area contributed by atoms with E-state index in [0.29, 0.717) is 43.7 Å². The van der Waals surface area contributed by atoms with Crippen molar-refractivity contribution in [3.8, 4) is 11.1 Å². The second-order valence-corrected chi connectivity index (χ2v) is 9.86. The molecular formula is C26H30N2O5S. The summed E-state index contributed by atoms with van der Waals surface area (Å²) in [6, 6.07) is 16.5. The van der Waals surface area contributed by atoms with Gasteiger partial charge in [-0.2, -0.15) is 11.8 Å². The van der Waals surface area contributed by atoms with Gasteiger partial charge in [0.1, 0.15) is 6.61 Å². The number of carbonyl (C=O) groups excluding carboxylic acids is 2. The van der Waals surface area contributed by atoms with Crippen molar-refractivity contribution in [1.29, 1.82) is 0 Å². The first kappa shape index (κ1) is 24.1. The zero-order valence-electron chi connectivity index (χ0n) is 19.0. The van der Waals surface area contributed by atoms with Gasteiger partial charge in [-0.25, -0.2) is 4.79 Å². The molecule has 0 unspecified atom stereocenters. The van der Waals surface area contributed by atoms with E-state index < -0.39 is 12.1 Å². The van der Waals surface area contributed by atoms with Crippen molar-refractivity contribution in [1.82, 2.24) is 10.6 Å².